The number of sulfone groups is 1. The molecule has 0 unspecified atom stereocenters. The van der Waals surface area contributed by atoms with Crippen LogP contribution in [0.3, 0.4) is 0 Å². The van der Waals surface area contributed by atoms with Gasteiger partial charge in [0.05, 0.1) is 27.1 Å². The quantitative estimate of drug-likeness (QED) is 0.310. The van der Waals surface area contributed by atoms with E-state index >= 15 is 0 Å². The Balaban J connectivity index is 1.88. The molecule has 3 N–H and O–H groups in total. The zero-order valence-corrected chi connectivity index (χ0v) is 24.0. The molecular weight excluding hydrogens is 601 g/mol. The van der Waals surface area contributed by atoms with Gasteiger partial charge in [0, 0.05) is 31.6 Å². The third-order valence-corrected chi connectivity index (χ3v) is 8.96. The number of ether oxygens (including phenoxy) is 1. The molecule has 1 amide bonds. The number of amides is 1. The number of halogens is 6. The first-order valence-electron chi connectivity index (χ1n) is 12.7. The van der Waals surface area contributed by atoms with E-state index in [0.29, 0.717) is 0 Å². The minimum Gasteiger partial charge on any atom is -0.434 e. The van der Waals surface area contributed by atoms with Crippen molar-refractivity contribution in [2.75, 3.05) is 18.1 Å². The van der Waals surface area contributed by atoms with E-state index < -0.39 is 51.2 Å². The first kappa shape index (κ1) is 32.8. The van der Waals surface area contributed by atoms with Crippen molar-refractivity contribution in [3.8, 4) is 17.0 Å². The van der Waals surface area contributed by atoms with Gasteiger partial charge >= 0.3 is 12.8 Å². The number of nitrogens with one attached hydrogen (secondary N) is 2. The van der Waals surface area contributed by atoms with E-state index in [9.17, 15) is 40.3 Å². The smallest absolute Gasteiger partial charge is 0.408 e. The van der Waals surface area contributed by atoms with E-state index in [1.165, 1.54) is 11.6 Å². The SMILES string of the molecule is CC[C@H](Nc1cc(OC(F)F)c(-c2c(Cl)c(C(=O)NCC3(O)CCC(S(C)(=O)=O)CC3)nn2CC)cn1)C(F)(F)F. The highest BCUT2D eigenvalue weighted by Crippen LogP contribution is 2.39. The Morgan fingerprint density at radius 2 is 1.93 bits per heavy atom. The monoisotopic (exact) mass is 631 g/mol. The zero-order valence-electron chi connectivity index (χ0n) is 22.4. The maximum atomic E-state index is 13.3. The summed E-state index contributed by atoms with van der Waals surface area (Å²) < 4.78 is 95.5. The minimum absolute atomic E-state index is 0.0377. The van der Waals surface area contributed by atoms with Crippen molar-refractivity contribution >= 4 is 33.2 Å². The van der Waals surface area contributed by atoms with E-state index in [1.807, 2.05) is 0 Å². The highest BCUT2D eigenvalue weighted by molar-refractivity contribution is 7.91. The van der Waals surface area contributed by atoms with Crippen molar-refractivity contribution in [2.24, 2.45) is 0 Å². The normalized spacial score (nSPS) is 20.6. The molecule has 10 nitrogen and oxygen atoms in total. The molecule has 1 aliphatic rings. The third-order valence-electron chi connectivity index (χ3n) is 6.92. The Morgan fingerprint density at radius 3 is 2.44 bits per heavy atom. The molecule has 2 aromatic heterocycles. The maximum Gasteiger partial charge on any atom is 0.408 e. The molecule has 1 aliphatic carbocycles. The standard InChI is InChI=1S/C24H31ClF5N5O5S/c1-4-16(24(28,29)30)33-17-10-15(40-22(26)27)14(11-31-17)20-18(25)19(34-35(20)5-2)21(36)32-12-23(37)8-6-13(7-9-23)41(3,38)39/h10-11,13,16,22,37H,4-9,12H2,1-3H3,(H,31,33)(H,32,36)/t13?,16-,23?/m0/s1. The number of pyridine rings is 1. The van der Waals surface area contributed by atoms with Crippen LogP contribution in [0.25, 0.3) is 11.3 Å². The van der Waals surface area contributed by atoms with Gasteiger partial charge in [-0.15, -0.1) is 0 Å². The van der Waals surface area contributed by atoms with Crippen molar-refractivity contribution in [3.05, 3.63) is 23.0 Å². The van der Waals surface area contributed by atoms with Crippen LogP contribution in [0.2, 0.25) is 5.02 Å². The largest absolute Gasteiger partial charge is 0.434 e. The van der Waals surface area contributed by atoms with Crippen molar-refractivity contribution in [1.82, 2.24) is 20.1 Å². The molecular formula is C24H31ClF5N5O5S. The van der Waals surface area contributed by atoms with Crippen LogP contribution in [0.4, 0.5) is 27.8 Å². The number of carbonyl (C=O) groups is 1. The van der Waals surface area contributed by atoms with Crippen LogP contribution < -0.4 is 15.4 Å². The number of hydrogen-bond acceptors (Lipinski definition) is 8. The molecule has 230 valence electrons. The second-order valence-electron chi connectivity index (χ2n) is 9.85. The molecule has 2 aromatic rings. The number of aliphatic hydroxyl groups is 1. The number of rotatable bonds is 11. The molecule has 0 spiro atoms. The summed E-state index contributed by atoms with van der Waals surface area (Å²) in [6.07, 6.45) is -2.11. The Hall–Kier alpha value is -2.72. The van der Waals surface area contributed by atoms with E-state index in [2.05, 4.69) is 25.5 Å². The van der Waals surface area contributed by atoms with Gasteiger partial charge in [-0.2, -0.15) is 27.1 Å². The number of alkyl halides is 5. The summed E-state index contributed by atoms with van der Waals surface area (Å²) in [6.45, 7) is -0.525. The van der Waals surface area contributed by atoms with Crippen molar-refractivity contribution < 1.29 is 45.0 Å². The van der Waals surface area contributed by atoms with Crippen LogP contribution in [0.15, 0.2) is 12.3 Å². The van der Waals surface area contributed by atoms with Gasteiger partial charge in [-0.1, -0.05) is 18.5 Å². The summed E-state index contributed by atoms with van der Waals surface area (Å²) in [5.74, 6) is -1.71. The van der Waals surface area contributed by atoms with Gasteiger partial charge in [0.1, 0.15) is 27.4 Å². The Bertz CT molecular complexity index is 1350. The predicted molar refractivity (Wildman–Crippen MR) is 141 cm³/mol. The molecule has 0 bridgehead atoms. The van der Waals surface area contributed by atoms with Gasteiger partial charge in [-0.25, -0.2) is 13.4 Å². The molecule has 2 heterocycles. The van der Waals surface area contributed by atoms with Gasteiger partial charge < -0.3 is 20.5 Å². The van der Waals surface area contributed by atoms with Crippen LogP contribution in [0.1, 0.15) is 56.4 Å². The first-order valence-corrected chi connectivity index (χ1v) is 15.1. The Morgan fingerprint density at radius 1 is 1.29 bits per heavy atom. The average molecular weight is 632 g/mol. The van der Waals surface area contributed by atoms with Gasteiger partial charge in [0.15, 0.2) is 5.69 Å². The molecule has 0 radical (unpaired) electrons. The van der Waals surface area contributed by atoms with Crippen LogP contribution in [-0.2, 0) is 16.4 Å². The maximum absolute atomic E-state index is 13.3. The molecule has 0 aromatic carbocycles. The summed E-state index contributed by atoms with van der Waals surface area (Å²) in [5, 5.41) is 18.8. The van der Waals surface area contributed by atoms with Crippen molar-refractivity contribution in [1.29, 1.82) is 0 Å². The summed E-state index contributed by atoms with van der Waals surface area (Å²) in [5.41, 5.74) is -1.83. The Labute approximate surface area is 238 Å². The highest BCUT2D eigenvalue weighted by atomic mass is 35.5. The number of aryl methyl sites for hydroxylation is 1. The third kappa shape index (κ3) is 7.97. The van der Waals surface area contributed by atoms with E-state index in [1.54, 1.807) is 6.92 Å². The van der Waals surface area contributed by atoms with Crippen molar-refractivity contribution in [3.63, 3.8) is 0 Å². The van der Waals surface area contributed by atoms with Crippen LogP contribution in [0.5, 0.6) is 5.75 Å². The molecule has 0 saturated heterocycles. The zero-order chi connectivity index (χ0) is 30.8. The number of carbonyl (C=O) groups excluding carboxylic acids is 1. The lowest BCUT2D eigenvalue weighted by Crippen LogP contribution is -2.47. The van der Waals surface area contributed by atoms with Crippen molar-refractivity contribution in [2.45, 2.75) is 82.2 Å². The lowest BCUT2D eigenvalue weighted by Gasteiger charge is -2.35. The first-order chi connectivity index (χ1) is 19.0. The van der Waals surface area contributed by atoms with E-state index in [4.69, 9.17) is 11.6 Å². The number of nitrogens with zero attached hydrogens (tertiary/aromatic N) is 3. The number of hydrogen-bond donors (Lipinski definition) is 3. The fraction of sp³-hybridized carbons (Fsp3) is 0.625. The fourth-order valence-electron chi connectivity index (χ4n) is 4.61. The topological polar surface area (TPSA) is 135 Å². The molecule has 17 heteroatoms. The summed E-state index contributed by atoms with van der Waals surface area (Å²) in [7, 11) is -3.26. The van der Waals surface area contributed by atoms with Gasteiger partial charge in [-0.3, -0.25) is 9.48 Å². The lowest BCUT2D eigenvalue weighted by molar-refractivity contribution is -0.142. The molecule has 41 heavy (non-hydrogen) atoms. The number of anilines is 1. The molecule has 1 atom stereocenters. The summed E-state index contributed by atoms with van der Waals surface area (Å²) in [6, 6.07) is -1.11. The van der Waals surface area contributed by atoms with E-state index in [0.717, 1.165) is 18.5 Å². The highest BCUT2D eigenvalue weighted by Gasteiger charge is 2.39. The summed E-state index contributed by atoms with van der Waals surface area (Å²) in [4.78, 5) is 16.9. The molecule has 1 fully saturated rings. The molecule has 0 aliphatic heterocycles. The fourth-order valence-corrected chi connectivity index (χ4v) is 6.03. The Kier molecular flexibility index (Phi) is 10.1. The lowest BCUT2D eigenvalue weighted by atomic mass is 9.84. The van der Waals surface area contributed by atoms with Crippen LogP contribution >= 0.6 is 11.6 Å². The van der Waals surface area contributed by atoms with Crippen LogP contribution in [0, 0.1) is 0 Å². The minimum atomic E-state index is -4.62. The average Bonchev–Trinajstić information content (AvgIpc) is 3.20. The van der Waals surface area contributed by atoms with Gasteiger partial charge in [0.2, 0.25) is 0 Å². The molecule has 1 saturated carbocycles. The predicted octanol–water partition coefficient (Wildman–Crippen LogP) is 4.42. The van der Waals surface area contributed by atoms with Gasteiger partial charge in [-0.05, 0) is 39.0 Å². The summed E-state index contributed by atoms with van der Waals surface area (Å²) >= 11 is 6.47. The molecule has 3 rings (SSSR count). The van der Waals surface area contributed by atoms with Crippen LogP contribution in [-0.4, -0.2) is 76.7 Å². The second kappa shape index (κ2) is 12.7. The number of aromatic nitrogens is 3. The van der Waals surface area contributed by atoms with E-state index in [-0.39, 0.29) is 73.0 Å². The second-order valence-corrected chi connectivity index (χ2v) is 12.6. The van der Waals surface area contributed by atoms with Gasteiger partial charge in [0.25, 0.3) is 5.91 Å².